The van der Waals surface area contributed by atoms with Gasteiger partial charge in [-0.2, -0.15) is 0 Å². The molecule has 0 atom stereocenters. The van der Waals surface area contributed by atoms with Crippen molar-refractivity contribution in [2.45, 2.75) is 6.61 Å². The van der Waals surface area contributed by atoms with Gasteiger partial charge < -0.3 is 30.0 Å². The first kappa shape index (κ1) is 33.4. The summed E-state index contributed by atoms with van der Waals surface area (Å²) in [5.41, 5.74) is 4.33. The predicted octanol–water partition coefficient (Wildman–Crippen LogP) is 9.57. The molecule has 0 bridgehead atoms. The third-order valence-corrected chi connectivity index (χ3v) is 8.26. The Balaban J connectivity index is 0.000000177. The third kappa shape index (κ3) is 8.34. The maximum atomic E-state index is 9.81. The quantitative estimate of drug-likeness (QED) is 0.131. The van der Waals surface area contributed by atoms with Crippen molar-refractivity contribution in [2.24, 2.45) is 0 Å². The van der Waals surface area contributed by atoms with Gasteiger partial charge in [-0.05, 0) is 54.1 Å². The second-order valence-corrected chi connectivity index (χ2v) is 12.4. The lowest BCUT2D eigenvalue weighted by Crippen LogP contribution is -2.00. The zero-order valence-corrected chi connectivity index (χ0v) is 29.6. The van der Waals surface area contributed by atoms with Crippen molar-refractivity contribution in [3.05, 3.63) is 130 Å². The fraction of sp³-hybridized carbons (Fsp3) is 0.0811. The van der Waals surface area contributed by atoms with E-state index in [0.29, 0.717) is 41.0 Å². The Bertz CT molecular complexity index is 2220. The zero-order chi connectivity index (χ0) is 34.2. The van der Waals surface area contributed by atoms with Crippen LogP contribution in [0.4, 0.5) is 23.0 Å². The summed E-state index contributed by atoms with van der Waals surface area (Å²) in [4.78, 5) is 17.2. The molecule has 0 unspecified atom stereocenters. The van der Waals surface area contributed by atoms with Crippen molar-refractivity contribution in [1.29, 1.82) is 0 Å². The molecule has 0 saturated carbocycles. The molecule has 0 aliphatic carbocycles. The first-order chi connectivity index (χ1) is 23.9. The van der Waals surface area contributed by atoms with Crippen LogP contribution in [0, 0.1) is 0 Å². The number of nitrogens with one attached hydrogen (secondary N) is 2. The topological polar surface area (TPSA) is 124 Å². The van der Waals surface area contributed by atoms with Crippen LogP contribution in [0.5, 0.6) is 23.0 Å². The molecule has 0 amide bonds. The number of ether oxygens (including phenoxy) is 3. The molecule has 0 aliphatic rings. The summed E-state index contributed by atoms with van der Waals surface area (Å²) < 4.78 is 18.6. The van der Waals surface area contributed by atoms with Gasteiger partial charge in [-0.3, -0.25) is 0 Å². The van der Waals surface area contributed by atoms with Crippen LogP contribution in [0.3, 0.4) is 0 Å². The molecule has 0 spiro atoms. The molecular formula is C37H30Br2N6O4. The summed E-state index contributed by atoms with van der Waals surface area (Å²) in [5, 5.41) is 18.0. The Morgan fingerprint density at radius 3 is 1.69 bits per heavy atom. The van der Waals surface area contributed by atoms with Crippen molar-refractivity contribution >= 4 is 76.7 Å². The van der Waals surface area contributed by atoms with E-state index in [1.807, 2.05) is 91.0 Å². The van der Waals surface area contributed by atoms with Gasteiger partial charge in [0.15, 0.2) is 23.0 Å². The van der Waals surface area contributed by atoms with E-state index in [2.05, 4.69) is 62.4 Å². The Morgan fingerprint density at radius 2 is 1.14 bits per heavy atom. The van der Waals surface area contributed by atoms with Crippen molar-refractivity contribution in [2.75, 3.05) is 24.9 Å². The second kappa shape index (κ2) is 15.6. The number of fused-ring (bicyclic) bond motifs is 2. The summed E-state index contributed by atoms with van der Waals surface area (Å²) in [5.74, 6) is 3.07. The van der Waals surface area contributed by atoms with Crippen molar-refractivity contribution in [1.82, 2.24) is 19.9 Å². The summed E-state index contributed by atoms with van der Waals surface area (Å²) in [6.07, 6.45) is 2.99. The van der Waals surface area contributed by atoms with Gasteiger partial charge >= 0.3 is 0 Å². The number of nitrogens with zero attached hydrogens (tertiary/aromatic N) is 4. The second-order valence-electron chi connectivity index (χ2n) is 10.6. The van der Waals surface area contributed by atoms with Gasteiger partial charge in [0.1, 0.15) is 30.9 Å². The minimum atomic E-state index is 0.0529. The SMILES string of the molecule is COc1cc2c(Nc3cccc(Br)c3)ncnc2cc1O.COc1cc2c(Nc3cccc(Br)c3)ncnc2cc1OCc1ccccc1. The fourth-order valence-electron chi connectivity index (χ4n) is 4.91. The molecule has 246 valence electrons. The molecule has 7 aromatic rings. The Labute approximate surface area is 299 Å². The Hall–Kier alpha value is -5.46. The molecule has 49 heavy (non-hydrogen) atoms. The number of aromatic nitrogens is 4. The number of methoxy groups -OCH3 is 2. The average Bonchev–Trinajstić information content (AvgIpc) is 3.11. The molecule has 10 nitrogen and oxygen atoms in total. The minimum absolute atomic E-state index is 0.0529. The number of aromatic hydroxyl groups is 1. The third-order valence-electron chi connectivity index (χ3n) is 7.27. The van der Waals surface area contributed by atoms with Crippen LogP contribution in [0.15, 0.2) is 125 Å². The molecule has 0 fully saturated rings. The summed E-state index contributed by atoms with van der Waals surface area (Å²) in [6, 6.07) is 32.7. The van der Waals surface area contributed by atoms with Gasteiger partial charge in [0, 0.05) is 43.2 Å². The van der Waals surface area contributed by atoms with Crippen molar-refractivity contribution in [3.63, 3.8) is 0 Å². The number of rotatable bonds is 9. The first-order valence-electron chi connectivity index (χ1n) is 15.0. The van der Waals surface area contributed by atoms with E-state index in [0.717, 1.165) is 42.2 Å². The van der Waals surface area contributed by atoms with E-state index in [-0.39, 0.29) is 5.75 Å². The van der Waals surface area contributed by atoms with E-state index >= 15 is 0 Å². The maximum Gasteiger partial charge on any atom is 0.163 e. The molecule has 12 heteroatoms. The highest BCUT2D eigenvalue weighted by Gasteiger charge is 2.13. The van der Waals surface area contributed by atoms with E-state index in [1.54, 1.807) is 19.2 Å². The monoisotopic (exact) mass is 780 g/mol. The lowest BCUT2D eigenvalue weighted by atomic mass is 10.2. The maximum absolute atomic E-state index is 9.81. The van der Waals surface area contributed by atoms with Crippen LogP contribution in [0.2, 0.25) is 0 Å². The molecule has 7 rings (SSSR count). The molecule has 5 aromatic carbocycles. The van der Waals surface area contributed by atoms with Gasteiger partial charge in [-0.15, -0.1) is 0 Å². The number of benzene rings is 5. The lowest BCUT2D eigenvalue weighted by Gasteiger charge is -2.14. The van der Waals surface area contributed by atoms with Gasteiger partial charge in [-0.25, -0.2) is 19.9 Å². The number of anilines is 4. The van der Waals surface area contributed by atoms with Crippen LogP contribution in [-0.2, 0) is 6.61 Å². The molecule has 2 heterocycles. The molecule has 3 N–H and O–H groups in total. The Kier molecular flexibility index (Phi) is 10.7. The van der Waals surface area contributed by atoms with Gasteiger partial charge in [-0.1, -0.05) is 74.3 Å². The number of halogens is 2. The van der Waals surface area contributed by atoms with Crippen LogP contribution in [0.1, 0.15) is 5.56 Å². The lowest BCUT2D eigenvalue weighted by molar-refractivity contribution is 0.285. The van der Waals surface area contributed by atoms with Crippen LogP contribution in [0.25, 0.3) is 21.8 Å². The Morgan fingerprint density at radius 1 is 0.592 bits per heavy atom. The molecule has 0 saturated heterocycles. The number of hydrogen-bond donors (Lipinski definition) is 3. The highest BCUT2D eigenvalue weighted by atomic mass is 79.9. The van der Waals surface area contributed by atoms with Gasteiger partial charge in [0.2, 0.25) is 0 Å². The van der Waals surface area contributed by atoms with E-state index in [1.165, 1.54) is 19.8 Å². The van der Waals surface area contributed by atoms with Crippen LogP contribution < -0.4 is 24.8 Å². The van der Waals surface area contributed by atoms with Gasteiger partial charge in [0.05, 0.1) is 25.3 Å². The van der Waals surface area contributed by atoms with E-state index in [4.69, 9.17) is 14.2 Å². The molecule has 0 radical (unpaired) electrons. The number of phenolic OH excluding ortho intramolecular Hbond substituents is 1. The largest absolute Gasteiger partial charge is 0.504 e. The summed E-state index contributed by atoms with van der Waals surface area (Å²) >= 11 is 6.92. The van der Waals surface area contributed by atoms with E-state index < -0.39 is 0 Å². The standard InChI is InChI=1S/C22H18BrN3O2.C15H12BrN3O2/c1-27-20-11-18-19(12-21(20)28-13-15-6-3-2-4-7-15)24-14-25-22(18)26-17-9-5-8-16(23)10-17;1-21-14-6-11-12(7-13(14)20)17-8-18-15(11)19-10-4-2-3-9(16)5-10/h2-12,14H,13H2,1H3,(H,24,25,26);2-8,20H,1H3,(H,17,18,19). The zero-order valence-electron chi connectivity index (χ0n) is 26.4. The average molecular weight is 782 g/mol. The highest BCUT2D eigenvalue weighted by Crippen LogP contribution is 2.36. The van der Waals surface area contributed by atoms with Crippen LogP contribution >= 0.6 is 31.9 Å². The predicted molar refractivity (Wildman–Crippen MR) is 199 cm³/mol. The smallest absolute Gasteiger partial charge is 0.163 e. The molecular weight excluding hydrogens is 752 g/mol. The number of phenols is 1. The number of hydrogen-bond acceptors (Lipinski definition) is 10. The normalized spacial score (nSPS) is 10.6. The first-order valence-corrected chi connectivity index (χ1v) is 16.5. The van der Waals surface area contributed by atoms with Crippen LogP contribution in [-0.4, -0.2) is 39.3 Å². The highest BCUT2D eigenvalue weighted by molar-refractivity contribution is 9.10. The summed E-state index contributed by atoms with van der Waals surface area (Å²) in [6.45, 7) is 0.455. The molecule has 2 aromatic heterocycles. The molecule has 0 aliphatic heterocycles. The fourth-order valence-corrected chi connectivity index (χ4v) is 5.71. The van der Waals surface area contributed by atoms with Crippen molar-refractivity contribution in [3.8, 4) is 23.0 Å². The van der Waals surface area contributed by atoms with E-state index in [9.17, 15) is 5.11 Å². The van der Waals surface area contributed by atoms with Gasteiger partial charge in [0.25, 0.3) is 0 Å². The summed E-state index contributed by atoms with van der Waals surface area (Å²) in [7, 11) is 3.13. The van der Waals surface area contributed by atoms with Crippen molar-refractivity contribution < 1.29 is 19.3 Å². The minimum Gasteiger partial charge on any atom is -0.504 e.